The Balaban J connectivity index is 2.04. The Hall–Kier alpha value is -1.55. The van der Waals surface area contributed by atoms with Gasteiger partial charge in [0.15, 0.2) is 29.2 Å². The van der Waals surface area contributed by atoms with Crippen molar-refractivity contribution in [2.75, 3.05) is 27.8 Å². The molecular weight excluding hydrogens is 969 g/mol. The number of hydrogen-bond acceptors (Lipinski definition) is 16. The van der Waals surface area contributed by atoms with Crippen LogP contribution in [-0.4, -0.2) is 167 Å². The molecule has 1 aliphatic carbocycles. The first-order valence-corrected chi connectivity index (χ1v) is 34.3. The molecule has 0 aromatic carbocycles. The highest BCUT2D eigenvalue weighted by Gasteiger charge is 2.55. The molecule has 18 heteroatoms. The van der Waals surface area contributed by atoms with Crippen LogP contribution in [-0.2, 0) is 56.4 Å². The number of terminal acetylenes is 1. The van der Waals surface area contributed by atoms with Crippen LogP contribution in [0.4, 0.5) is 0 Å². The van der Waals surface area contributed by atoms with Gasteiger partial charge in [0, 0.05) is 50.2 Å². The highest BCUT2D eigenvalue weighted by atomic mass is 28.4. The number of likely N-dealkylation sites (N-methyl/N-ethyl adjacent to an activating group) is 1. The molecule has 16 nitrogen and oxygen atoms in total. The van der Waals surface area contributed by atoms with Crippen LogP contribution in [0.15, 0.2) is 5.16 Å². The van der Waals surface area contributed by atoms with Crippen molar-refractivity contribution < 1.29 is 66.6 Å². The van der Waals surface area contributed by atoms with Crippen LogP contribution in [0.3, 0.4) is 0 Å². The fourth-order valence-electron chi connectivity index (χ4n) is 11.9. The van der Waals surface area contributed by atoms with Crippen molar-refractivity contribution in [1.82, 2.24) is 4.90 Å². The minimum absolute atomic E-state index is 0.0700. The summed E-state index contributed by atoms with van der Waals surface area (Å²) in [6.45, 7) is 35.6. The average molecular weight is 1070 g/mol. The van der Waals surface area contributed by atoms with Gasteiger partial charge in [-0.25, -0.2) is 0 Å². The molecule has 424 valence electrons. The molecule has 1 saturated carbocycles. The molecule has 18 atom stereocenters. The molecule has 3 aliphatic heterocycles. The maximum atomic E-state index is 15.0. The Labute approximate surface area is 443 Å². The Morgan fingerprint density at radius 2 is 1.48 bits per heavy atom. The number of cyclic esters (lactones) is 1. The van der Waals surface area contributed by atoms with Gasteiger partial charge in [-0.3, -0.25) is 4.79 Å². The summed E-state index contributed by atoms with van der Waals surface area (Å²) in [5, 5.41) is 29.9. The van der Waals surface area contributed by atoms with Crippen LogP contribution in [0, 0.1) is 36.0 Å². The van der Waals surface area contributed by atoms with Crippen LogP contribution in [0.2, 0.25) is 39.3 Å². The molecule has 0 radical (unpaired) electrons. The maximum Gasteiger partial charge on any atom is 0.311 e. The lowest BCUT2D eigenvalue weighted by atomic mass is 9.73. The molecule has 0 unspecified atom stereocenters. The highest BCUT2D eigenvalue weighted by molar-refractivity contribution is 6.70. The molecule has 4 rings (SSSR count). The molecule has 73 heavy (non-hydrogen) atoms. The molecule has 4 fully saturated rings. The standard InChI is InChI=1S/C55H102N2O14Si2/c1-23-30-62-53(12)32-35(5)44(56-71-55(68-34(3)4)28-26-25-27-29-55)37(7)47(58)54(13,60)42(24-2)65-50(59)39(9)45(66-43-33-52(11,61-16)49(40(10)64-43)70-73(20,21)22)38(8)48(53)67-51-46(69-72(17,18)19)41(57(14)15)31-36(6)63-51/h1,34-43,45-49,51,58,60H,24-33H2,2-22H3/b56-44+/t35-,36-,37+,38+,39-,40+,41+,42-,43+,45+,46-,47-,48-,49+,51+,52-,53+,54-/m1/s1. The SMILES string of the molecule is C#CCO[C@@]1(C)C[C@@H](C)/C(=N\OC2(OC(C)C)CCCCC2)[C@H](C)[C@@H](O)[C@](C)(O)[C@@H](CC)OC(=O)[C@H](C)[C@@H](O[C@H]2C[C@@](C)(OC)[C@@H](O[Si](C)(C)C)[C@H](C)O2)[C@H](C)[C@H]1O[C@@H]1O[C@H](C)C[C@H](N(C)C)[C@H]1O[Si](C)(C)C. The first kappa shape index (κ1) is 64.0. The van der Waals surface area contributed by atoms with E-state index in [1.165, 1.54) is 6.92 Å². The van der Waals surface area contributed by atoms with E-state index in [2.05, 4.69) is 50.1 Å². The van der Waals surface area contributed by atoms with Crippen molar-refractivity contribution in [3.8, 4) is 12.3 Å². The van der Waals surface area contributed by atoms with Gasteiger partial charge in [0.05, 0.1) is 65.6 Å². The average Bonchev–Trinajstić information content (AvgIpc) is 3.28. The molecule has 0 aromatic heterocycles. The zero-order valence-corrected chi connectivity index (χ0v) is 51.1. The fourth-order valence-corrected chi connectivity index (χ4v) is 14.2. The van der Waals surface area contributed by atoms with Crippen LogP contribution in [0.5, 0.6) is 0 Å². The number of methoxy groups -OCH3 is 1. The van der Waals surface area contributed by atoms with E-state index in [0.717, 1.165) is 19.3 Å². The van der Waals surface area contributed by atoms with E-state index in [9.17, 15) is 10.2 Å². The van der Waals surface area contributed by atoms with Gasteiger partial charge in [0.1, 0.15) is 24.4 Å². The van der Waals surface area contributed by atoms with Gasteiger partial charge in [0.25, 0.3) is 0 Å². The summed E-state index contributed by atoms with van der Waals surface area (Å²) in [5.74, 6) is -1.93. The third-order valence-electron chi connectivity index (χ3n) is 15.6. The van der Waals surface area contributed by atoms with E-state index >= 15 is 4.79 Å². The van der Waals surface area contributed by atoms with Crippen molar-refractivity contribution in [3.63, 3.8) is 0 Å². The number of ether oxygens (including phenoxy) is 8. The van der Waals surface area contributed by atoms with Crippen molar-refractivity contribution in [2.45, 2.75) is 276 Å². The zero-order chi connectivity index (χ0) is 55.2. The minimum atomic E-state index is -2.25. The second-order valence-electron chi connectivity index (χ2n) is 25.2. The van der Waals surface area contributed by atoms with Gasteiger partial charge < -0.3 is 66.7 Å². The first-order chi connectivity index (χ1) is 33.7. The maximum absolute atomic E-state index is 15.0. The topological polar surface area (TPSA) is 175 Å². The van der Waals surface area contributed by atoms with Crippen LogP contribution >= 0.6 is 0 Å². The summed E-state index contributed by atoms with van der Waals surface area (Å²) in [6, 6.07) is -0.0700. The number of aliphatic hydroxyl groups is 2. The predicted molar refractivity (Wildman–Crippen MR) is 289 cm³/mol. The van der Waals surface area contributed by atoms with E-state index in [1.807, 2.05) is 83.3 Å². The number of carbonyl (C=O) groups excluding carboxylic acids is 1. The Morgan fingerprint density at radius 1 is 0.863 bits per heavy atom. The second kappa shape index (κ2) is 25.9. The second-order valence-corrected chi connectivity index (χ2v) is 34.1. The summed E-state index contributed by atoms with van der Waals surface area (Å²) in [7, 11) is 1.44. The lowest BCUT2D eigenvalue weighted by Crippen LogP contribution is -2.63. The fraction of sp³-hybridized carbons (Fsp3) is 0.927. The molecule has 0 amide bonds. The van der Waals surface area contributed by atoms with Crippen molar-refractivity contribution in [3.05, 3.63) is 0 Å². The normalized spacial score (nSPS) is 41.3. The van der Waals surface area contributed by atoms with Gasteiger partial charge in [-0.05, 0) is 141 Å². The number of esters is 1. The summed E-state index contributed by atoms with van der Waals surface area (Å²) in [5.41, 5.74) is -3.61. The van der Waals surface area contributed by atoms with Gasteiger partial charge in [-0.2, -0.15) is 0 Å². The predicted octanol–water partition coefficient (Wildman–Crippen LogP) is 9.05. The molecular formula is C55H102N2O14Si2. The van der Waals surface area contributed by atoms with E-state index in [-0.39, 0.29) is 44.1 Å². The van der Waals surface area contributed by atoms with Crippen molar-refractivity contribution in [1.29, 1.82) is 0 Å². The molecule has 0 spiro atoms. The van der Waals surface area contributed by atoms with Crippen LogP contribution in [0.1, 0.15) is 141 Å². The van der Waals surface area contributed by atoms with Gasteiger partial charge >= 0.3 is 5.97 Å². The first-order valence-electron chi connectivity index (χ1n) is 27.5. The summed E-state index contributed by atoms with van der Waals surface area (Å²) < 4.78 is 68.3. The Kier molecular flexibility index (Phi) is 22.7. The molecule has 0 aromatic rings. The molecule has 3 saturated heterocycles. The summed E-state index contributed by atoms with van der Waals surface area (Å²) >= 11 is 0. The zero-order valence-electron chi connectivity index (χ0n) is 49.1. The van der Waals surface area contributed by atoms with Crippen molar-refractivity contribution in [2.24, 2.45) is 28.8 Å². The number of aliphatic hydroxyl groups excluding tert-OH is 1. The number of oxime groups is 1. The number of carbonyl (C=O) groups is 1. The van der Waals surface area contributed by atoms with E-state index in [0.29, 0.717) is 25.0 Å². The Bertz CT molecular complexity index is 1810. The summed E-state index contributed by atoms with van der Waals surface area (Å²) in [4.78, 5) is 23.8. The van der Waals surface area contributed by atoms with E-state index < -0.39 is 124 Å². The van der Waals surface area contributed by atoms with Gasteiger partial charge in [0.2, 0.25) is 5.79 Å². The van der Waals surface area contributed by atoms with Crippen molar-refractivity contribution >= 4 is 28.3 Å². The molecule has 4 aliphatic rings. The van der Waals surface area contributed by atoms with Gasteiger partial charge in [-0.15, -0.1) is 6.42 Å². The monoisotopic (exact) mass is 1070 g/mol. The Morgan fingerprint density at radius 3 is 2.01 bits per heavy atom. The summed E-state index contributed by atoms with van der Waals surface area (Å²) in [6.07, 6.45) is 3.59. The third kappa shape index (κ3) is 16.5. The molecule has 2 N–H and O–H groups in total. The number of rotatable bonds is 17. The molecule has 3 heterocycles. The van der Waals surface area contributed by atoms with Gasteiger partial charge in [-0.1, -0.05) is 45.2 Å². The lowest BCUT2D eigenvalue weighted by Gasteiger charge is -2.52. The smallest absolute Gasteiger partial charge is 0.311 e. The number of nitrogens with zero attached hydrogens (tertiary/aromatic N) is 2. The quantitative estimate of drug-likeness (QED) is 0.0464. The number of hydrogen-bond donors (Lipinski definition) is 2. The minimum Gasteiger partial charge on any atom is -0.459 e. The van der Waals surface area contributed by atoms with Crippen LogP contribution < -0.4 is 0 Å². The van der Waals surface area contributed by atoms with E-state index in [4.69, 9.17) is 63.2 Å². The lowest BCUT2D eigenvalue weighted by molar-refractivity contribution is -0.317. The molecule has 0 bridgehead atoms. The third-order valence-corrected chi connectivity index (χ3v) is 17.6. The highest BCUT2D eigenvalue weighted by Crippen LogP contribution is 2.44. The largest absolute Gasteiger partial charge is 0.459 e. The van der Waals surface area contributed by atoms with E-state index in [1.54, 1.807) is 14.0 Å². The van der Waals surface area contributed by atoms with Crippen LogP contribution in [0.25, 0.3) is 0 Å².